The van der Waals surface area contributed by atoms with Crippen molar-refractivity contribution < 1.29 is 13.2 Å². The van der Waals surface area contributed by atoms with Gasteiger partial charge in [-0.1, -0.05) is 6.07 Å². The van der Waals surface area contributed by atoms with Gasteiger partial charge >= 0.3 is 0 Å². The number of carbonyl (C=O) groups is 1. The van der Waals surface area contributed by atoms with Crippen LogP contribution in [0.5, 0.6) is 0 Å². The molecule has 9 heteroatoms. The molecule has 140 valence electrons. The highest BCUT2D eigenvalue weighted by molar-refractivity contribution is 7.86. The average Bonchev–Trinajstić information content (AvgIpc) is 3.16. The zero-order chi connectivity index (χ0) is 18.7. The first-order valence-corrected chi connectivity index (χ1v) is 9.86. The van der Waals surface area contributed by atoms with Crippen LogP contribution in [0.3, 0.4) is 0 Å². The highest BCUT2D eigenvalue weighted by atomic mass is 32.2. The van der Waals surface area contributed by atoms with Crippen molar-refractivity contribution in [1.82, 2.24) is 18.4 Å². The van der Waals surface area contributed by atoms with E-state index in [-0.39, 0.29) is 18.4 Å². The van der Waals surface area contributed by atoms with Crippen molar-refractivity contribution in [1.29, 1.82) is 0 Å². The lowest BCUT2D eigenvalue weighted by Crippen LogP contribution is -2.47. The Morgan fingerprint density at radius 3 is 2.81 bits per heavy atom. The fraction of sp³-hybridized carbons (Fsp3) is 0.412. The van der Waals surface area contributed by atoms with E-state index in [2.05, 4.69) is 10.4 Å². The Bertz CT molecular complexity index is 864. The van der Waals surface area contributed by atoms with Crippen molar-refractivity contribution in [2.45, 2.75) is 12.8 Å². The van der Waals surface area contributed by atoms with Crippen molar-refractivity contribution in [2.24, 2.45) is 5.92 Å². The minimum absolute atomic E-state index is 0.165. The Labute approximate surface area is 153 Å². The second kappa shape index (κ2) is 7.56. The van der Waals surface area contributed by atoms with E-state index in [1.807, 2.05) is 36.5 Å². The minimum Gasteiger partial charge on any atom is -0.326 e. The lowest BCUT2D eigenvalue weighted by Gasteiger charge is -2.32. The van der Waals surface area contributed by atoms with Gasteiger partial charge < -0.3 is 5.32 Å². The molecule has 1 aromatic carbocycles. The maximum atomic E-state index is 12.6. The minimum atomic E-state index is -3.50. The predicted molar refractivity (Wildman–Crippen MR) is 99.1 cm³/mol. The van der Waals surface area contributed by atoms with Crippen LogP contribution in [-0.4, -0.2) is 59.9 Å². The molecule has 0 spiro atoms. The number of benzene rings is 1. The largest absolute Gasteiger partial charge is 0.326 e. The third-order valence-electron chi connectivity index (χ3n) is 4.43. The van der Waals surface area contributed by atoms with Crippen LogP contribution >= 0.6 is 0 Å². The first-order valence-electron chi connectivity index (χ1n) is 8.46. The molecule has 0 saturated carbocycles. The normalized spacial score (nSPS) is 18.8. The first kappa shape index (κ1) is 18.6. The van der Waals surface area contributed by atoms with Crippen molar-refractivity contribution in [3.63, 3.8) is 0 Å². The van der Waals surface area contributed by atoms with E-state index in [1.54, 1.807) is 10.9 Å². The monoisotopic (exact) mass is 377 g/mol. The van der Waals surface area contributed by atoms with Gasteiger partial charge in [0.2, 0.25) is 5.91 Å². The van der Waals surface area contributed by atoms with Gasteiger partial charge in [0, 0.05) is 45.3 Å². The summed E-state index contributed by atoms with van der Waals surface area (Å²) in [6, 6.07) is 9.21. The number of anilines is 1. The summed E-state index contributed by atoms with van der Waals surface area (Å²) in [7, 11) is -0.501. The molecule has 8 nitrogen and oxygen atoms in total. The summed E-state index contributed by atoms with van der Waals surface area (Å²) in [4.78, 5) is 12.6. The van der Waals surface area contributed by atoms with Crippen molar-refractivity contribution >= 4 is 21.8 Å². The van der Waals surface area contributed by atoms with Crippen LogP contribution in [0.15, 0.2) is 42.7 Å². The summed E-state index contributed by atoms with van der Waals surface area (Å²) in [5.74, 6) is -0.534. The Kier molecular flexibility index (Phi) is 5.40. The standard InChI is InChI=1S/C17H23N5O3S/c1-20(2)26(24,25)21-10-4-6-14(13-21)17(23)19-15-7-3-8-16(12-15)22-11-5-9-18-22/h3,5,7-9,11-12,14H,4,6,10,13H2,1-2H3,(H,19,23)/t14-/m1/s1. The number of nitrogens with one attached hydrogen (secondary N) is 1. The molecule has 1 N–H and O–H groups in total. The number of piperidine rings is 1. The molecular formula is C17H23N5O3S. The second-order valence-electron chi connectivity index (χ2n) is 6.48. The number of hydrogen-bond donors (Lipinski definition) is 1. The Balaban J connectivity index is 1.69. The van der Waals surface area contributed by atoms with Gasteiger partial charge in [0.1, 0.15) is 0 Å². The smallest absolute Gasteiger partial charge is 0.281 e. The molecule has 0 radical (unpaired) electrons. The molecule has 1 aliphatic rings. The number of nitrogens with zero attached hydrogens (tertiary/aromatic N) is 4. The number of rotatable bonds is 5. The van der Waals surface area contributed by atoms with Crippen molar-refractivity contribution in [3.05, 3.63) is 42.7 Å². The van der Waals surface area contributed by atoms with E-state index in [4.69, 9.17) is 0 Å². The lowest BCUT2D eigenvalue weighted by molar-refractivity contribution is -0.120. The van der Waals surface area contributed by atoms with Gasteiger partial charge in [0.15, 0.2) is 0 Å². The molecule has 1 saturated heterocycles. The van der Waals surface area contributed by atoms with Gasteiger partial charge in [0.25, 0.3) is 10.2 Å². The van der Waals surface area contributed by atoms with Crippen molar-refractivity contribution in [2.75, 3.05) is 32.5 Å². The van der Waals surface area contributed by atoms with Gasteiger partial charge in [-0.2, -0.15) is 22.1 Å². The third kappa shape index (κ3) is 3.95. The molecule has 1 atom stereocenters. The highest BCUT2D eigenvalue weighted by Gasteiger charge is 2.33. The lowest BCUT2D eigenvalue weighted by atomic mass is 9.98. The molecular weight excluding hydrogens is 354 g/mol. The fourth-order valence-electron chi connectivity index (χ4n) is 2.99. The molecule has 1 aliphatic heterocycles. The van der Waals surface area contributed by atoms with E-state index in [1.165, 1.54) is 22.7 Å². The molecule has 26 heavy (non-hydrogen) atoms. The topological polar surface area (TPSA) is 87.5 Å². The van der Waals surface area contributed by atoms with Gasteiger partial charge in [0.05, 0.1) is 11.6 Å². The van der Waals surface area contributed by atoms with Crippen molar-refractivity contribution in [3.8, 4) is 5.69 Å². The average molecular weight is 377 g/mol. The summed E-state index contributed by atoms with van der Waals surface area (Å²) in [6.45, 7) is 0.643. The maximum Gasteiger partial charge on any atom is 0.281 e. The van der Waals surface area contributed by atoms with Crippen LogP contribution < -0.4 is 5.32 Å². The highest BCUT2D eigenvalue weighted by Crippen LogP contribution is 2.22. The SMILES string of the molecule is CN(C)S(=O)(=O)N1CCC[C@@H](C(=O)Nc2cccc(-n3cccn3)c2)C1. The number of hydrogen-bond acceptors (Lipinski definition) is 4. The molecule has 0 unspecified atom stereocenters. The van der Waals surface area contributed by atoms with Crippen LogP contribution in [0, 0.1) is 5.92 Å². The number of carbonyl (C=O) groups excluding carboxylic acids is 1. The van der Waals surface area contributed by atoms with E-state index in [9.17, 15) is 13.2 Å². The van der Waals surface area contributed by atoms with Crippen LogP contribution in [-0.2, 0) is 15.0 Å². The maximum absolute atomic E-state index is 12.6. The molecule has 2 heterocycles. The van der Waals surface area contributed by atoms with E-state index >= 15 is 0 Å². The van der Waals surface area contributed by atoms with Crippen LogP contribution in [0.25, 0.3) is 5.69 Å². The Hall–Kier alpha value is -2.23. The zero-order valence-corrected chi connectivity index (χ0v) is 15.7. The molecule has 3 rings (SSSR count). The third-order valence-corrected chi connectivity index (χ3v) is 6.33. The van der Waals surface area contributed by atoms with Crippen LogP contribution in [0.4, 0.5) is 5.69 Å². The van der Waals surface area contributed by atoms with E-state index in [0.717, 1.165) is 5.69 Å². The second-order valence-corrected chi connectivity index (χ2v) is 8.62. The predicted octanol–water partition coefficient (Wildman–Crippen LogP) is 1.33. The van der Waals surface area contributed by atoms with E-state index in [0.29, 0.717) is 25.1 Å². The van der Waals surface area contributed by atoms with Gasteiger partial charge in [-0.3, -0.25) is 4.79 Å². The fourth-order valence-corrected chi connectivity index (χ4v) is 4.18. The summed E-state index contributed by atoms with van der Waals surface area (Å²) in [5.41, 5.74) is 1.50. The first-order chi connectivity index (χ1) is 12.4. The number of amides is 1. The molecule has 1 aromatic heterocycles. The van der Waals surface area contributed by atoms with Crippen LogP contribution in [0.2, 0.25) is 0 Å². The zero-order valence-electron chi connectivity index (χ0n) is 14.9. The number of aromatic nitrogens is 2. The molecule has 0 aliphatic carbocycles. The van der Waals surface area contributed by atoms with Gasteiger partial charge in [-0.25, -0.2) is 4.68 Å². The molecule has 2 aromatic rings. The molecule has 1 fully saturated rings. The quantitative estimate of drug-likeness (QED) is 0.852. The summed E-state index contributed by atoms with van der Waals surface area (Å²) in [5, 5.41) is 7.08. The summed E-state index contributed by atoms with van der Waals surface area (Å²) < 4.78 is 28.9. The van der Waals surface area contributed by atoms with Crippen LogP contribution in [0.1, 0.15) is 12.8 Å². The Morgan fingerprint density at radius 2 is 2.12 bits per heavy atom. The van der Waals surface area contributed by atoms with E-state index < -0.39 is 10.2 Å². The molecule has 0 bridgehead atoms. The van der Waals surface area contributed by atoms with Gasteiger partial charge in [-0.15, -0.1) is 0 Å². The summed E-state index contributed by atoms with van der Waals surface area (Å²) >= 11 is 0. The van der Waals surface area contributed by atoms with Gasteiger partial charge in [-0.05, 0) is 37.1 Å². The summed E-state index contributed by atoms with van der Waals surface area (Å²) in [6.07, 6.45) is 4.85. The molecule has 1 amide bonds. The Morgan fingerprint density at radius 1 is 1.31 bits per heavy atom.